The molecule has 0 atom stereocenters. The van der Waals surface area contributed by atoms with Gasteiger partial charge in [0.25, 0.3) is 0 Å². The van der Waals surface area contributed by atoms with Crippen molar-refractivity contribution in [3.05, 3.63) is 25.3 Å². The summed E-state index contributed by atoms with van der Waals surface area (Å²) in [5, 5.41) is 1.33. The van der Waals surface area contributed by atoms with Gasteiger partial charge in [0.1, 0.15) is 13.1 Å². The Morgan fingerprint density at radius 3 is 2.23 bits per heavy atom. The quantitative estimate of drug-likeness (QED) is 0.309. The Balaban J connectivity index is 3.43. The highest BCUT2D eigenvalue weighted by Gasteiger charge is 2.01. The van der Waals surface area contributed by atoms with Crippen molar-refractivity contribution in [1.29, 1.82) is 0 Å². The fourth-order valence-electron chi connectivity index (χ4n) is 1.22. The van der Waals surface area contributed by atoms with Crippen LogP contribution in [-0.2, 0) is 0 Å². The average Bonchev–Trinajstić information content (AvgIpc) is 2.13. The summed E-state index contributed by atoms with van der Waals surface area (Å²) in [6.07, 6.45) is 7.72. The number of hydrogen-bond donors (Lipinski definition) is 2. The van der Waals surface area contributed by atoms with E-state index < -0.39 is 0 Å². The summed E-state index contributed by atoms with van der Waals surface area (Å²) in [7, 11) is 0. The van der Waals surface area contributed by atoms with Crippen LogP contribution in [0.3, 0.4) is 0 Å². The first-order valence-electron chi connectivity index (χ1n) is 5.15. The Hall–Kier alpha value is -0.600. The van der Waals surface area contributed by atoms with Crippen LogP contribution < -0.4 is 10.4 Å². The number of rotatable bonds is 9. The molecule has 0 fully saturated rings. The second kappa shape index (κ2) is 9.49. The minimum Gasteiger partial charge on any atom is -0.251 e. The normalized spacial score (nSPS) is 10.3. The number of unbranched alkanes of at least 4 members (excludes halogenated alkanes) is 2. The van der Waals surface area contributed by atoms with Crippen LogP contribution in [0.1, 0.15) is 26.2 Å². The number of hydrogen-bond acceptors (Lipinski definition) is 1. The van der Waals surface area contributed by atoms with Gasteiger partial charge in [0.2, 0.25) is 0 Å². The molecule has 0 aliphatic heterocycles. The monoisotopic (exact) mass is 183 g/mol. The minimum atomic E-state index is 0.956. The van der Waals surface area contributed by atoms with Gasteiger partial charge in [-0.1, -0.05) is 32.9 Å². The van der Waals surface area contributed by atoms with Crippen molar-refractivity contribution in [2.75, 3.05) is 19.6 Å². The molecule has 0 aromatic rings. The highest BCUT2D eigenvalue weighted by molar-refractivity contribution is 4.66. The zero-order chi connectivity index (χ0) is 9.94. The van der Waals surface area contributed by atoms with Crippen LogP contribution in [0.25, 0.3) is 0 Å². The first-order chi connectivity index (χ1) is 6.35. The van der Waals surface area contributed by atoms with Crippen molar-refractivity contribution in [2.45, 2.75) is 26.2 Å². The second-order valence-corrected chi connectivity index (χ2v) is 3.22. The summed E-state index contributed by atoms with van der Waals surface area (Å²) < 4.78 is 0. The summed E-state index contributed by atoms with van der Waals surface area (Å²) in [6.45, 7) is 12.7. The zero-order valence-electron chi connectivity index (χ0n) is 8.81. The predicted octanol–water partition coefficient (Wildman–Crippen LogP) is 0.938. The molecule has 0 amide bonds. The molecule has 0 aromatic carbocycles. The summed E-state index contributed by atoms with van der Waals surface area (Å²) in [6, 6.07) is 0. The molecule has 0 unspecified atom stereocenters. The Labute approximate surface area is 82.3 Å². The second-order valence-electron chi connectivity index (χ2n) is 3.22. The molecule has 0 saturated carbocycles. The molecule has 0 aromatic heterocycles. The molecule has 2 nitrogen and oxygen atoms in total. The first-order valence-corrected chi connectivity index (χ1v) is 5.15. The van der Waals surface area contributed by atoms with E-state index in [1.807, 2.05) is 12.2 Å². The third-order valence-electron chi connectivity index (χ3n) is 1.94. The topological polar surface area (TPSA) is 16.5 Å². The van der Waals surface area contributed by atoms with Gasteiger partial charge in [0, 0.05) is 6.54 Å². The standard InChI is InChI=1S/C11H22N2/c1-4-7-8-9-12-13(10-5-2)11-6-3/h5-6,12H,2-4,7-11H2,1H3/p+1. The summed E-state index contributed by atoms with van der Waals surface area (Å²) in [5.74, 6) is 0. The SMILES string of the molecule is C=CC[NH+](CC=C)NCCCCC. The summed E-state index contributed by atoms with van der Waals surface area (Å²) in [5.41, 5.74) is 3.43. The number of nitrogens with one attached hydrogen (secondary N) is 2. The number of quaternary nitrogens is 1. The highest BCUT2D eigenvalue weighted by atomic mass is 15.5. The third kappa shape index (κ3) is 7.75. The molecular weight excluding hydrogens is 160 g/mol. The van der Waals surface area contributed by atoms with Crippen molar-refractivity contribution in [3.63, 3.8) is 0 Å². The lowest BCUT2D eigenvalue weighted by Crippen LogP contribution is -3.18. The summed E-state index contributed by atoms with van der Waals surface area (Å²) in [4.78, 5) is 0. The smallest absolute Gasteiger partial charge is 0.113 e. The largest absolute Gasteiger partial charge is 0.251 e. The van der Waals surface area contributed by atoms with Gasteiger partial charge in [-0.3, -0.25) is 5.01 Å². The fourth-order valence-corrected chi connectivity index (χ4v) is 1.22. The van der Waals surface area contributed by atoms with Gasteiger partial charge in [-0.2, -0.15) is 5.43 Å². The van der Waals surface area contributed by atoms with Crippen molar-refractivity contribution in [1.82, 2.24) is 5.43 Å². The van der Waals surface area contributed by atoms with Crippen LogP contribution in [0, 0.1) is 0 Å². The first kappa shape index (κ1) is 12.4. The maximum atomic E-state index is 3.73. The molecule has 0 saturated heterocycles. The Kier molecular flexibility index (Phi) is 9.05. The van der Waals surface area contributed by atoms with Crippen LogP contribution in [0.5, 0.6) is 0 Å². The lowest BCUT2D eigenvalue weighted by Gasteiger charge is -2.16. The molecule has 2 heteroatoms. The van der Waals surface area contributed by atoms with E-state index in [0.717, 1.165) is 19.6 Å². The van der Waals surface area contributed by atoms with Gasteiger partial charge in [0.05, 0.1) is 0 Å². The summed E-state index contributed by atoms with van der Waals surface area (Å²) >= 11 is 0. The van der Waals surface area contributed by atoms with Crippen LogP contribution in [-0.4, -0.2) is 19.6 Å². The van der Waals surface area contributed by atoms with Gasteiger partial charge < -0.3 is 0 Å². The molecule has 13 heavy (non-hydrogen) atoms. The van der Waals surface area contributed by atoms with E-state index in [4.69, 9.17) is 0 Å². The van der Waals surface area contributed by atoms with Crippen molar-refractivity contribution in [3.8, 4) is 0 Å². The molecule has 0 rings (SSSR count). The van der Waals surface area contributed by atoms with Crippen molar-refractivity contribution < 1.29 is 5.01 Å². The van der Waals surface area contributed by atoms with Crippen molar-refractivity contribution in [2.24, 2.45) is 0 Å². The van der Waals surface area contributed by atoms with Crippen LogP contribution >= 0.6 is 0 Å². The van der Waals surface area contributed by atoms with E-state index >= 15 is 0 Å². The predicted molar refractivity (Wildman–Crippen MR) is 58.6 cm³/mol. The van der Waals surface area contributed by atoms with Crippen LogP contribution in [0.4, 0.5) is 0 Å². The van der Waals surface area contributed by atoms with Crippen LogP contribution in [0.2, 0.25) is 0 Å². The van der Waals surface area contributed by atoms with E-state index in [9.17, 15) is 0 Å². The molecule has 0 heterocycles. The Morgan fingerprint density at radius 2 is 1.77 bits per heavy atom. The van der Waals surface area contributed by atoms with Gasteiger partial charge in [-0.15, -0.1) is 0 Å². The van der Waals surface area contributed by atoms with E-state index in [1.54, 1.807) is 0 Å². The minimum absolute atomic E-state index is 0.956. The van der Waals surface area contributed by atoms with E-state index in [0.29, 0.717) is 0 Å². The van der Waals surface area contributed by atoms with Gasteiger partial charge in [-0.05, 0) is 18.6 Å². The Bertz CT molecular complexity index is 122. The average molecular weight is 183 g/mol. The molecule has 0 aliphatic rings. The molecule has 2 N–H and O–H groups in total. The molecule has 0 bridgehead atoms. The lowest BCUT2D eigenvalue weighted by molar-refractivity contribution is -0.934. The molecule has 0 spiro atoms. The van der Waals surface area contributed by atoms with Gasteiger partial charge in [-0.25, -0.2) is 0 Å². The molecule has 0 aliphatic carbocycles. The van der Waals surface area contributed by atoms with E-state index in [1.165, 1.54) is 24.3 Å². The van der Waals surface area contributed by atoms with Gasteiger partial charge >= 0.3 is 0 Å². The van der Waals surface area contributed by atoms with E-state index in [-0.39, 0.29) is 0 Å². The molecule has 76 valence electrons. The lowest BCUT2D eigenvalue weighted by atomic mass is 10.2. The fraction of sp³-hybridized carbons (Fsp3) is 0.636. The van der Waals surface area contributed by atoms with Crippen LogP contribution in [0.15, 0.2) is 25.3 Å². The maximum absolute atomic E-state index is 3.73. The molecular formula is C11H23N2+. The van der Waals surface area contributed by atoms with Crippen molar-refractivity contribution >= 4 is 0 Å². The maximum Gasteiger partial charge on any atom is 0.113 e. The third-order valence-corrected chi connectivity index (χ3v) is 1.94. The molecule has 0 radical (unpaired) electrons. The van der Waals surface area contributed by atoms with Gasteiger partial charge in [0.15, 0.2) is 0 Å². The zero-order valence-corrected chi connectivity index (χ0v) is 8.81. The Morgan fingerprint density at radius 1 is 1.15 bits per heavy atom. The highest BCUT2D eigenvalue weighted by Crippen LogP contribution is 1.89. The van der Waals surface area contributed by atoms with E-state index in [2.05, 4.69) is 25.5 Å².